The summed E-state index contributed by atoms with van der Waals surface area (Å²) in [6.07, 6.45) is 12.3. The number of aryl methyl sites for hydroxylation is 4. The van der Waals surface area contributed by atoms with Gasteiger partial charge in [0.15, 0.2) is 0 Å². The van der Waals surface area contributed by atoms with Gasteiger partial charge < -0.3 is 19.8 Å². The molecular weight excluding hydrogens is 440 g/mol. The Labute approximate surface area is 186 Å². The number of hydrogen-bond donors (Lipinski definition) is 1. The Bertz CT molecular complexity index is 1090. The highest BCUT2D eigenvalue weighted by atomic mass is 32.2. The quantitative estimate of drug-likeness (QED) is 0.348. The average Bonchev–Trinajstić information content (AvgIpc) is 3.35. The number of carbonyl (C=O) groups excluding carboxylic acids is 2. The highest BCUT2D eigenvalue weighted by molar-refractivity contribution is 7.85. The number of aromatic carboxylic acids is 2. The largest absolute Gasteiger partial charge is 0.545 e. The smallest absolute Gasteiger partial charge is 0.294 e. The van der Waals surface area contributed by atoms with Gasteiger partial charge in [0, 0.05) is 0 Å². The third kappa shape index (κ3) is 8.70. The van der Waals surface area contributed by atoms with Crippen molar-refractivity contribution in [3.63, 3.8) is 0 Å². The van der Waals surface area contributed by atoms with Crippen LogP contribution in [0, 0.1) is 0 Å². The second-order valence-corrected chi connectivity index (χ2v) is 8.04. The minimum absolute atomic E-state index is 0.580. The second kappa shape index (κ2) is 11.8. The summed E-state index contributed by atoms with van der Waals surface area (Å²) in [6, 6.07) is 1.83. The normalized spacial score (nSPS) is 10.4. The molecule has 1 aromatic carbocycles. The number of hydrogen-bond acceptors (Lipinski definition) is 6. The molecule has 0 radical (unpaired) electrons. The second-order valence-electron chi connectivity index (χ2n) is 6.62. The summed E-state index contributed by atoms with van der Waals surface area (Å²) in [7, 11) is -0.657. The monoisotopic (exact) mass is 466 g/mol. The molecule has 0 unspecified atom stereocenters. The molecular formula is C20H26N4O7S. The van der Waals surface area contributed by atoms with Crippen LogP contribution in [-0.2, 0) is 37.3 Å². The molecule has 174 valence electrons. The van der Waals surface area contributed by atoms with Gasteiger partial charge in [-0.3, -0.25) is 4.55 Å². The van der Waals surface area contributed by atoms with E-state index in [1.165, 1.54) is 0 Å². The third-order valence-electron chi connectivity index (χ3n) is 4.05. The molecule has 2 aromatic heterocycles. The van der Waals surface area contributed by atoms with Crippen LogP contribution in [0.4, 0.5) is 0 Å². The fourth-order valence-corrected chi connectivity index (χ4v) is 2.91. The summed E-state index contributed by atoms with van der Waals surface area (Å²) in [5, 5.41) is 20.9. The molecule has 3 rings (SSSR count). The molecule has 3 aromatic rings. The highest BCUT2D eigenvalue weighted by Crippen LogP contribution is 2.14. The summed E-state index contributed by atoms with van der Waals surface area (Å²) < 4.78 is 38.4. The van der Waals surface area contributed by atoms with E-state index in [2.05, 4.69) is 48.0 Å². The zero-order chi connectivity index (χ0) is 24.5. The SMILES string of the molecule is CCn1cc[n+](C)c1.CCn1cc[n+](C)c1.O=C([O-])c1cc(C(=O)[O-])cc(S(=O)(=O)O)c1. The maximum atomic E-state index is 10.7. The Kier molecular flexibility index (Phi) is 9.75. The lowest BCUT2D eigenvalue weighted by atomic mass is 10.1. The highest BCUT2D eigenvalue weighted by Gasteiger charge is 2.13. The molecule has 2 heterocycles. The molecule has 0 aliphatic rings. The summed E-state index contributed by atoms with van der Waals surface area (Å²) in [5.74, 6) is -3.54. The van der Waals surface area contributed by atoms with Crippen LogP contribution in [0.3, 0.4) is 0 Å². The van der Waals surface area contributed by atoms with E-state index < -0.39 is 38.1 Å². The predicted octanol–water partition coefficient (Wildman–Crippen LogP) is -1.67. The van der Waals surface area contributed by atoms with Crippen molar-refractivity contribution in [1.82, 2.24) is 9.13 Å². The Hall–Kier alpha value is -3.51. The molecule has 32 heavy (non-hydrogen) atoms. The molecule has 0 atom stereocenters. The number of aromatic nitrogens is 4. The Morgan fingerprint density at radius 2 is 1.25 bits per heavy atom. The van der Waals surface area contributed by atoms with Gasteiger partial charge in [-0.2, -0.15) is 8.42 Å². The Balaban J connectivity index is 0.000000267. The van der Waals surface area contributed by atoms with Gasteiger partial charge in [-0.05, 0) is 43.2 Å². The predicted molar refractivity (Wildman–Crippen MR) is 107 cm³/mol. The lowest BCUT2D eigenvalue weighted by Gasteiger charge is -2.09. The Morgan fingerprint density at radius 1 is 0.875 bits per heavy atom. The van der Waals surface area contributed by atoms with Crippen molar-refractivity contribution in [2.45, 2.75) is 31.8 Å². The molecule has 12 heteroatoms. The number of carboxylic acid groups (broad SMARTS) is 2. The maximum Gasteiger partial charge on any atom is 0.294 e. The van der Waals surface area contributed by atoms with Gasteiger partial charge in [0.05, 0.1) is 44.0 Å². The molecule has 0 saturated heterocycles. The van der Waals surface area contributed by atoms with Crippen molar-refractivity contribution in [2.24, 2.45) is 14.1 Å². The van der Waals surface area contributed by atoms with E-state index in [-0.39, 0.29) is 0 Å². The van der Waals surface area contributed by atoms with E-state index in [0.29, 0.717) is 18.2 Å². The lowest BCUT2D eigenvalue weighted by Crippen LogP contribution is -2.26. The van der Waals surface area contributed by atoms with Gasteiger partial charge in [0.25, 0.3) is 10.1 Å². The fraction of sp³-hybridized carbons (Fsp3) is 0.300. The summed E-state index contributed by atoms with van der Waals surface area (Å²) in [6.45, 7) is 6.36. The van der Waals surface area contributed by atoms with Gasteiger partial charge in [0.1, 0.15) is 24.8 Å². The van der Waals surface area contributed by atoms with Gasteiger partial charge in [0.2, 0.25) is 12.7 Å². The van der Waals surface area contributed by atoms with Gasteiger partial charge in [-0.25, -0.2) is 18.3 Å². The average molecular weight is 467 g/mol. The molecule has 11 nitrogen and oxygen atoms in total. The molecule has 0 fully saturated rings. The molecule has 0 aliphatic heterocycles. The first-order valence-electron chi connectivity index (χ1n) is 9.44. The number of nitrogens with zero attached hydrogens (tertiary/aromatic N) is 4. The van der Waals surface area contributed by atoms with Gasteiger partial charge in [-0.15, -0.1) is 0 Å². The minimum Gasteiger partial charge on any atom is -0.545 e. The maximum absolute atomic E-state index is 10.7. The number of imidazole rings is 2. The van der Waals surface area contributed by atoms with Crippen molar-refractivity contribution in [3.05, 3.63) is 66.8 Å². The number of carbonyl (C=O) groups is 2. The number of benzene rings is 1. The van der Waals surface area contributed by atoms with Gasteiger partial charge in [-0.1, -0.05) is 0 Å². The first kappa shape index (κ1) is 26.5. The molecule has 0 amide bonds. The molecule has 0 spiro atoms. The van der Waals surface area contributed by atoms with Crippen LogP contribution in [0.2, 0.25) is 0 Å². The number of rotatable bonds is 5. The first-order chi connectivity index (χ1) is 14.9. The first-order valence-corrected chi connectivity index (χ1v) is 10.9. The van der Waals surface area contributed by atoms with Crippen molar-refractivity contribution in [1.29, 1.82) is 0 Å². The van der Waals surface area contributed by atoms with Crippen molar-refractivity contribution in [2.75, 3.05) is 0 Å². The topological polar surface area (TPSA) is 152 Å². The number of carboxylic acids is 2. The van der Waals surface area contributed by atoms with Crippen LogP contribution >= 0.6 is 0 Å². The van der Waals surface area contributed by atoms with Crippen molar-refractivity contribution < 1.29 is 41.9 Å². The third-order valence-corrected chi connectivity index (χ3v) is 4.88. The van der Waals surface area contributed by atoms with Crippen LogP contribution < -0.4 is 19.3 Å². The Morgan fingerprint density at radius 3 is 1.44 bits per heavy atom. The van der Waals surface area contributed by atoms with E-state index >= 15 is 0 Å². The van der Waals surface area contributed by atoms with Crippen molar-refractivity contribution >= 4 is 22.1 Å². The van der Waals surface area contributed by atoms with E-state index in [1.807, 2.05) is 35.6 Å². The van der Waals surface area contributed by atoms with E-state index in [9.17, 15) is 28.2 Å². The zero-order valence-electron chi connectivity index (χ0n) is 18.2. The molecule has 0 bridgehead atoms. The summed E-state index contributed by atoms with van der Waals surface area (Å²) in [4.78, 5) is 20.1. The van der Waals surface area contributed by atoms with Crippen LogP contribution in [-0.4, -0.2) is 34.0 Å². The molecule has 0 saturated carbocycles. The standard InChI is InChI=1S/C8H6O7S.2C6H11N2/c9-7(10)4-1-5(8(11)12)3-6(2-4)16(13,14)15;2*1-3-8-5-4-7(2)6-8/h1-3H,(H,9,10)(H,11,12)(H,13,14,15);2*4-6H,3H2,1-2H3/q;2*+1/p-2. The summed E-state index contributed by atoms with van der Waals surface area (Å²) in [5.41, 5.74) is -1.37. The summed E-state index contributed by atoms with van der Waals surface area (Å²) >= 11 is 0. The van der Waals surface area contributed by atoms with E-state index in [1.54, 1.807) is 0 Å². The van der Waals surface area contributed by atoms with Crippen LogP contribution in [0.1, 0.15) is 34.6 Å². The lowest BCUT2D eigenvalue weighted by molar-refractivity contribution is -0.671. The molecule has 1 N–H and O–H groups in total. The van der Waals surface area contributed by atoms with Crippen LogP contribution in [0.5, 0.6) is 0 Å². The van der Waals surface area contributed by atoms with E-state index in [4.69, 9.17) is 4.55 Å². The van der Waals surface area contributed by atoms with Crippen LogP contribution in [0.25, 0.3) is 0 Å². The van der Waals surface area contributed by atoms with E-state index in [0.717, 1.165) is 13.1 Å². The van der Waals surface area contributed by atoms with Crippen LogP contribution in [0.15, 0.2) is 60.5 Å². The zero-order valence-corrected chi connectivity index (χ0v) is 19.0. The van der Waals surface area contributed by atoms with Gasteiger partial charge >= 0.3 is 0 Å². The fourth-order valence-electron chi connectivity index (χ4n) is 2.36. The van der Waals surface area contributed by atoms with Crippen molar-refractivity contribution in [3.8, 4) is 0 Å². The minimum atomic E-state index is -4.70. The molecule has 0 aliphatic carbocycles.